The molecule has 0 aliphatic carbocycles. The third-order valence-electron chi connectivity index (χ3n) is 2.13. The lowest BCUT2D eigenvalue weighted by atomic mass is 10.0. The van der Waals surface area contributed by atoms with Crippen LogP contribution in [0.2, 0.25) is 0 Å². The Morgan fingerprint density at radius 2 is 2.06 bits per heavy atom. The Bertz CT molecular complexity index is 552. The van der Waals surface area contributed by atoms with E-state index in [-0.39, 0.29) is 5.56 Å². The number of benzene rings is 1. The van der Waals surface area contributed by atoms with E-state index < -0.39 is 33.8 Å². The van der Waals surface area contributed by atoms with Gasteiger partial charge in [0.05, 0.1) is 23.7 Å². The van der Waals surface area contributed by atoms with Crippen LogP contribution in [0, 0.1) is 15.9 Å². The molecule has 0 bridgehead atoms. The third-order valence-corrected chi connectivity index (χ3v) is 2.13. The molecular weight excluding hydrogens is 245 g/mol. The Kier molecular flexibility index (Phi) is 3.88. The molecule has 94 valence electrons. The minimum atomic E-state index is -1.20. The zero-order chi connectivity index (χ0) is 13.9. The number of hydrogen-bond acceptors (Lipinski definition) is 5. The summed E-state index contributed by atoms with van der Waals surface area (Å²) >= 11 is 0. The van der Waals surface area contributed by atoms with E-state index in [0.717, 1.165) is 19.2 Å². The number of carbonyl (C=O) groups excluding carboxylic acids is 2. The number of Topliss-reactive ketones (excluding diaryl/α,β-unsaturated/α-hetero) is 1. The normalized spacial score (nSPS) is 9.67. The summed E-state index contributed by atoms with van der Waals surface area (Å²) in [6.07, 6.45) is 0. The first-order chi connectivity index (χ1) is 8.38. The molecule has 0 fully saturated rings. The zero-order valence-electron chi connectivity index (χ0n) is 9.31. The number of nitro benzene ring substituents is 1. The van der Waals surface area contributed by atoms with Crippen molar-refractivity contribution in [3.63, 3.8) is 0 Å². The number of halogens is 1. The number of methoxy groups -OCH3 is 1. The molecule has 0 spiro atoms. The van der Waals surface area contributed by atoms with Gasteiger partial charge < -0.3 is 4.74 Å². The first kappa shape index (κ1) is 13.5. The minimum absolute atomic E-state index is 0.225. The van der Waals surface area contributed by atoms with Crippen LogP contribution in [0.25, 0.3) is 5.57 Å². The molecule has 0 aliphatic heterocycles. The van der Waals surface area contributed by atoms with Crippen LogP contribution in [-0.2, 0) is 14.3 Å². The number of hydrogen-bond donors (Lipinski definition) is 0. The van der Waals surface area contributed by atoms with Gasteiger partial charge in [0, 0.05) is 5.57 Å². The largest absolute Gasteiger partial charge is 0.463 e. The molecule has 7 heteroatoms. The van der Waals surface area contributed by atoms with Crippen LogP contribution in [0.1, 0.15) is 5.56 Å². The van der Waals surface area contributed by atoms with Gasteiger partial charge in [-0.15, -0.1) is 0 Å². The van der Waals surface area contributed by atoms with Crippen molar-refractivity contribution in [3.8, 4) is 0 Å². The van der Waals surface area contributed by atoms with Crippen molar-refractivity contribution in [3.05, 3.63) is 46.3 Å². The molecule has 0 unspecified atom stereocenters. The molecule has 0 aromatic heterocycles. The quantitative estimate of drug-likeness (QED) is 0.267. The second-order valence-corrected chi connectivity index (χ2v) is 3.22. The smallest absolute Gasteiger partial charge is 0.379 e. The van der Waals surface area contributed by atoms with E-state index in [1.165, 1.54) is 0 Å². The minimum Gasteiger partial charge on any atom is -0.463 e. The van der Waals surface area contributed by atoms with Gasteiger partial charge in [-0.3, -0.25) is 14.9 Å². The number of nitro groups is 1. The van der Waals surface area contributed by atoms with Crippen LogP contribution in [-0.4, -0.2) is 23.8 Å². The van der Waals surface area contributed by atoms with Crippen molar-refractivity contribution in [2.75, 3.05) is 7.11 Å². The van der Waals surface area contributed by atoms with E-state index in [1.54, 1.807) is 0 Å². The number of ketones is 1. The fraction of sp³-hybridized carbons (Fsp3) is 0.0909. The zero-order valence-corrected chi connectivity index (χ0v) is 9.31. The number of rotatable bonds is 4. The highest BCUT2D eigenvalue weighted by molar-refractivity contribution is 6.51. The molecule has 0 heterocycles. The molecule has 1 rings (SSSR count). The van der Waals surface area contributed by atoms with Crippen molar-refractivity contribution in [1.82, 2.24) is 0 Å². The van der Waals surface area contributed by atoms with Crippen LogP contribution >= 0.6 is 0 Å². The maximum Gasteiger partial charge on any atom is 0.379 e. The summed E-state index contributed by atoms with van der Waals surface area (Å²) in [5.41, 5.74) is -1.29. The van der Waals surface area contributed by atoms with Crippen molar-refractivity contribution in [2.45, 2.75) is 0 Å². The van der Waals surface area contributed by atoms with Crippen molar-refractivity contribution in [2.24, 2.45) is 0 Å². The second kappa shape index (κ2) is 5.17. The first-order valence-electron chi connectivity index (χ1n) is 4.64. The first-order valence-corrected chi connectivity index (χ1v) is 4.64. The third kappa shape index (κ3) is 2.57. The summed E-state index contributed by atoms with van der Waals surface area (Å²) in [7, 11) is 0.993. The average Bonchev–Trinajstić information content (AvgIpc) is 2.35. The summed E-state index contributed by atoms with van der Waals surface area (Å²) in [5.74, 6) is -3.14. The lowest BCUT2D eigenvalue weighted by Gasteiger charge is -2.04. The van der Waals surface area contributed by atoms with Gasteiger partial charge in [0.1, 0.15) is 5.82 Å². The molecule has 0 radical (unpaired) electrons. The van der Waals surface area contributed by atoms with E-state index in [4.69, 9.17) is 0 Å². The average molecular weight is 253 g/mol. The number of nitrogens with zero attached hydrogens (tertiary/aromatic N) is 1. The van der Waals surface area contributed by atoms with Gasteiger partial charge in [-0.2, -0.15) is 0 Å². The molecular formula is C11H8FNO5. The van der Waals surface area contributed by atoms with Gasteiger partial charge in [0.25, 0.3) is 11.5 Å². The summed E-state index contributed by atoms with van der Waals surface area (Å²) in [4.78, 5) is 32.3. The van der Waals surface area contributed by atoms with Crippen LogP contribution in [0.4, 0.5) is 10.1 Å². The van der Waals surface area contributed by atoms with Crippen LogP contribution in [0.3, 0.4) is 0 Å². The summed E-state index contributed by atoms with van der Waals surface area (Å²) in [6, 6.07) is 2.58. The number of ether oxygens (including phenoxy) is 1. The highest BCUT2D eigenvalue weighted by Gasteiger charge is 2.25. The van der Waals surface area contributed by atoms with Crippen molar-refractivity contribution in [1.29, 1.82) is 0 Å². The summed E-state index contributed by atoms with van der Waals surface area (Å²) < 4.78 is 17.1. The Morgan fingerprint density at radius 1 is 1.44 bits per heavy atom. The Morgan fingerprint density at radius 3 is 2.56 bits per heavy atom. The molecule has 6 nitrogen and oxygen atoms in total. The molecule has 0 N–H and O–H groups in total. The fourth-order valence-corrected chi connectivity index (χ4v) is 1.25. The number of carbonyl (C=O) groups is 2. The van der Waals surface area contributed by atoms with Gasteiger partial charge >= 0.3 is 5.97 Å². The van der Waals surface area contributed by atoms with E-state index in [2.05, 4.69) is 11.3 Å². The van der Waals surface area contributed by atoms with Gasteiger partial charge in [0.15, 0.2) is 0 Å². The predicted octanol–water partition coefficient (Wildman–Crippen LogP) is 1.49. The Labute approximate surface area is 101 Å². The van der Waals surface area contributed by atoms with Crippen molar-refractivity contribution >= 4 is 23.0 Å². The molecule has 1 aromatic rings. The van der Waals surface area contributed by atoms with Gasteiger partial charge in [-0.05, 0) is 12.1 Å². The SMILES string of the molecule is C=C(C(=O)C(=O)OC)c1ccc(F)cc1[N+](=O)[O-]. The monoisotopic (exact) mass is 253 g/mol. The van der Waals surface area contributed by atoms with Gasteiger partial charge in [-0.25, -0.2) is 9.18 Å². The Balaban J connectivity index is 3.25. The van der Waals surface area contributed by atoms with Gasteiger partial charge in [-0.1, -0.05) is 6.58 Å². The van der Waals surface area contributed by atoms with E-state index in [1.807, 2.05) is 0 Å². The molecule has 18 heavy (non-hydrogen) atoms. The van der Waals surface area contributed by atoms with E-state index in [0.29, 0.717) is 6.07 Å². The lowest BCUT2D eigenvalue weighted by Crippen LogP contribution is -2.17. The van der Waals surface area contributed by atoms with Crippen molar-refractivity contribution < 1.29 is 23.6 Å². The van der Waals surface area contributed by atoms with Gasteiger partial charge in [0.2, 0.25) is 0 Å². The predicted molar refractivity (Wildman–Crippen MR) is 59.1 cm³/mol. The van der Waals surface area contributed by atoms with Crippen LogP contribution in [0.15, 0.2) is 24.8 Å². The van der Waals surface area contributed by atoms with Crippen LogP contribution < -0.4 is 0 Å². The lowest BCUT2D eigenvalue weighted by molar-refractivity contribution is -0.385. The highest BCUT2D eigenvalue weighted by Crippen LogP contribution is 2.26. The second-order valence-electron chi connectivity index (χ2n) is 3.22. The fourth-order valence-electron chi connectivity index (χ4n) is 1.25. The summed E-state index contributed by atoms with van der Waals surface area (Å²) in [5, 5.41) is 10.7. The highest BCUT2D eigenvalue weighted by atomic mass is 19.1. The standard InChI is InChI=1S/C11H8FNO5/c1-6(10(14)11(15)18-2)8-4-3-7(12)5-9(8)13(16)17/h3-5H,1H2,2H3. The Hall–Kier alpha value is -2.57. The number of esters is 1. The molecule has 0 saturated carbocycles. The van der Waals surface area contributed by atoms with E-state index in [9.17, 15) is 24.1 Å². The van der Waals surface area contributed by atoms with E-state index >= 15 is 0 Å². The molecule has 0 amide bonds. The molecule has 1 aromatic carbocycles. The summed E-state index contributed by atoms with van der Waals surface area (Å²) in [6.45, 7) is 3.29. The maximum atomic E-state index is 12.9. The van der Waals surface area contributed by atoms with Crippen LogP contribution in [0.5, 0.6) is 0 Å². The maximum absolute atomic E-state index is 12.9. The topological polar surface area (TPSA) is 86.5 Å². The molecule has 0 atom stereocenters. The molecule has 0 aliphatic rings. The molecule has 0 saturated heterocycles.